The Morgan fingerprint density at radius 1 is 1.48 bits per heavy atom. The van der Waals surface area contributed by atoms with E-state index in [1.807, 2.05) is 6.92 Å². The van der Waals surface area contributed by atoms with Crippen molar-refractivity contribution in [3.8, 4) is 0 Å². The molecule has 4 rings (SSSR count). The maximum absolute atomic E-state index is 12.5. The Hall–Kier alpha value is -1.36. The van der Waals surface area contributed by atoms with Crippen LogP contribution in [-0.2, 0) is 22.5 Å². The van der Waals surface area contributed by atoms with Gasteiger partial charge in [-0.05, 0) is 38.0 Å². The molecule has 5 nitrogen and oxygen atoms in total. The number of imidazole rings is 1. The zero-order valence-corrected chi connectivity index (χ0v) is 12.6. The summed E-state index contributed by atoms with van der Waals surface area (Å²) in [5.74, 6) is 1.65. The number of carbonyl (C=O) groups is 1. The van der Waals surface area contributed by atoms with Crippen molar-refractivity contribution in [2.75, 3.05) is 13.2 Å². The lowest BCUT2D eigenvalue weighted by molar-refractivity contribution is -0.124. The highest BCUT2D eigenvalue weighted by Gasteiger charge is 2.58. The fourth-order valence-corrected chi connectivity index (χ4v) is 4.05. The fourth-order valence-electron chi connectivity index (χ4n) is 4.05. The Labute approximate surface area is 125 Å². The van der Waals surface area contributed by atoms with Crippen molar-refractivity contribution < 1.29 is 9.53 Å². The Kier molecular flexibility index (Phi) is 3.06. The first-order valence-electron chi connectivity index (χ1n) is 8.07. The number of amides is 1. The molecule has 0 radical (unpaired) electrons. The maximum atomic E-state index is 12.5. The van der Waals surface area contributed by atoms with Crippen molar-refractivity contribution in [1.82, 2.24) is 14.9 Å². The average Bonchev–Trinajstić information content (AvgIpc) is 3.02. The molecule has 3 heterocycles. The number of nitrogens with zero attached hydrogens (tertiary/aromatic N) is 2. The smallest absolute Gasteiger partial charge is 0.223 e. The number of nitrogens with one attached hydrogen (secondary N) is 1. The summed E-state index contributed by atoms with van der Waals surface area (Å²) in [6, 6.07) is 0.260. The quantitative estimate of drug-likeness (QED) is 0.896. The molecule has 1 spiro atoms. The summed E-state index contributed by atoms with van der Waals surface area (Å²) in [5, 5.41) is 3.27. The molecule has 2 fully saturated rings. The summed E-state index contributed by atoms with van der Waals surface area (Å²) in [4.78, 5) is 17.0. The molecule has 0 unspecified atom stereocenters. The molecule has 2 atom stereocenters. The zero-order valence-electron chi connectivity index (χ0n) is 12.6. The monoisotopic (exact) mass is 289 g/mol. The van der Waals surface area contributed by atoms with Crippen LogP contribution < -0.4 is 5.32 Å². The zero-order chi connectivity index (χ0) is 14.4. The topological polar surface area (TPSA) is 56.2 Å². The highest BCUT2D eigenvalue weighted by atomic mass is 16.5. The predicted molar refractivity (Wildman–Crippen MR) is 77.8 cm³/mol. The first-order chi connectivity index (χ1) is 10.2. The number of hydrogen-bond donors (Lipinski definition) is 1. The highest BCUT2D eigenvalue weighted by Crippen LogP contribution is 2.59. The number of aryl methyl sites for hydroxylation is 2. The van der Waals surface area contributed by atoms with Crippen LogP contribution in [0.1, 0.15) is 37.2 Å². The second-order valence-corrected chi connectivity index (χ2v) is 6.93. The van der Waals surface area contributed by atoms with Gasteiger partial charge >= 0.3 is 0 Å². The summed E-state index contributed by atoms with van der Waals surface area (Å²) in [7, 11) is 0. The number of hydrogen-bond acceptors (Lipinski definition) is 3. The summed E-state index contributed by atoms with van der Waals surface area (Å²) < 4.78 is 7.62. The van der Waals surface area contributed by atoms with Crippen LogP contribution in [0.3, 0.4) is 0 Å². The molecule has 0 aromatic carbocycles. The van der Waals surface area contributed by atoms with E-state index in [2.05, 4.69) is 21.1 Å². The number of aromatic nitrogens is 2. The Bertz CT molecular complexity index is 560. The van der Waals surface area contributed by atoms with Crippen LogP contribution in [-0.4, -0.2) is 34.7 Å². The lowest BCUT2D eigenvalue weighted by Crippen LogP contribution is -2.42. The molecule has 114 valence electrons. The molecule has 0 bridgehead atoms. The molecule has 1 N–H and O–H groups in total. The molecule has 21 heavy (non-hydrogen) atoms. The molecule has 2 aliphatic heterocycles. The summed E-state index contributed by atoms with van der Waals surface area (Å²) in [5.41, 5.74) is 1.34. The molecule has 1 amide bonds. The van der Waals surface area contributed by atoms with Gasteiger partial charge in [0.15, 0.2) is 0 Å². The lowest BCUT2D eigenvalue weighted by Gasteiger charge is -2.26. The van der Waals surface area contributed by atoms with Gasteiger partial charge in [0.05, 0.1) is 5.69 Å². The minimum Gasteiger partial charge on any atom is -0.381 e. The van der Waals surface area contributed by atoms with E-state index in [0.29, 0.717) is 0 Å². The molecular weight excluding hydrogens is 266 g/mol. The fraction of sp³-hybridized carbons (Fsp3) is 0.750. The standard InChI is InChI=1S/C16H23N3O2/c1-11-9-19-10-12(2-3-14(19)17-11)18-15(20)13-8-16(13)4-6-21-7-5-16/h9,12-13H,2-8,10H2,1H3,(H,18,20)/t12-,13-/m0/s1. The molecule has 1 saturated carbocycles. The van der Waals surface area contributed by atoms with Crippen molar-refractivity contribution in [2.45, 2.75) is 51.6 Å². The van der Waals surface area contributed by atoms with Gasteiger partial charge < -0.3 is 14.6 Å². The summed E-state index contributed by atoms with van der Waals surface area (Å²) in [6.07, 6.45) is 7.23. The first kappa shape index (κ1) is 13.3. The largest absolute Gasteiger partial charge is 0.381 e. The van der Waals surface area contributed by atoms with Crippen LogP contribution in [0.25, 0.3) is 0 Å². The third-order valence-electron chi connectivity index (χ3n) is 5.45. The minimum atomic E-state index is 0.229. The third-order valence-corrected chi connectivity index (χ3v) is 5.45. The van der Waals surface area contributed by atoms with Crippen molar-refractivity contribution in [1.29, 1.82) is 0 Å². The van der Waals surface area contributed by atoms with E-state index in [1.165, 1.54) is 0 Å². The van der Waals surface area contributed by atoms with Gasteiger partial charge in [-0.15, -0.1) is 0 Å². The van der Waals surface area contributed by atoms with Crippen molar-refractivity contribution in [3.05, 3.63) is 17.7 Å². The third kappa shape index (κ3) is 2.37. The van der Waals surface area contributed by atoms with E-state index >= 15 is 0 Å². The van der Waals surface area contributed by atoms with Crippen molar-refractivity contribution >= 4 is 5.91 Å². The normalized spacial score (nSPS) is 30.0. The van der Waals surface area contributed by atoms with Crippen LogP contribution in [0.2, 0.25) is 0 Å². The van der Waals surface area contributed by atoms with Crippen LogP contribution in [0.4, 0.5) is 0 Å². The van der Waals surface area contributed by atoms with E-state index in [1.54, 1.807) is 0 Å². The Balaban J connectivity index is 1.36. The number of rotatable bonds is 2. The van der Waals surface area contributed by atoms with Crippen molar-refractivity contribution in [3.63, 3.8) is 0 Å². The highest BCUT2D eigenvalue weighted by molar-refractivity contribution is 5.82. The van der Waals surface area contributed by atoms with Crippen LogP contribution in [0, 0.1) is 18.3 Å². The maximum Gasteiger partial charge on any atom is 0.223 e. The number of ether oxygens (including phenoxy) is 1. The number of fused-ring (bicyclic) bond motifs is 1. The first-order valence-corrected chi connectivity index (χ1v) is 8.07. The van der Waals surface area contributed by atoms with E-state index in [-0.39, 0.29) is 23.3 Å². The summed E-state index contributed by atoms with van der Waals surface area (Å²) >= 11 is 0. The molecule has 5 heteroatoms. The SMILES string of the molecule is Cc1cn2c(n1)CC[C@H](NC(=O)[C@@H]1CC13CCOCC3)C2. The van der Waals surface area contributed by atoms with E-state index in [9.17, 15) is 4.79 Å². The summed E-state index contributed by atoms with van der Waals surface area (Å²) in [6.45, 7) is 4.54. The average molecular weight is 289 g/mol. The van der Waals surface area contributed by atoms with Gasteiger partial charge in [0.1, 0.15) is 5.82 Å². The van der Waals surface area contributed by atoms with Crippen LogP contribution >= 0.6 is 0 Å². The van der Waals surface area contributed by atoms with E-state index in [4.69, 9.17) is 4.74 Å². The van der Waals surface area contributed by atoms with Gasteiger partial charge in [0.2, 0.25) is 5.91 Å². The molecule has 1 aliphatic carbocycles. The molecule has 3 aliphatic rings. The number of carbonyl (C=O) groups excluding carboxylic acids is 1. The van der Waals surface area contributed by atoms with Gasteiger partial charge in [-0.3, -0.25) is 4.79 Å². The van der Waals surface area contributed by atoms with Gasteiger partial charge in [-0.25, -0.2) is 4.98 Å². The second kappa shape index (κ2) is 4.83. The van der Waals surface area contributed by atoms with Gasteiger partial charge in [0.25, 0.3) is 0 Å². The Morgan fingerprint density at radius 2 is 2.29 bits per heavy atom. The van der Waals surface area contributed by atoms with Gasteiger partial charge in [-0.2, -0.15) is 0 Å². The molecule has 1 aromatic heterocycles. The molecule has 1 saturated heterocycles. The van der Waals surface area contributed by atoms with Crippen LogP contribution in [0.5, 0.6) is 0 Å². The molecule has 1 aromatic rings. The van der Waals surface area contributed by atoms with Crippen molar-refractivity contribution in [2.24, 2.45) is 11.3 Å². The van der Waals surface area contributed by atoms with Crippen LogP contribution in [0.15, 0.2) is 6.20 Å². The minimum absolute atomic E-state index is 0.229. The predicted octanol–water partition coefficient (Wildman–Crippen LogP) is 1.44. The van der Waals surface area contributed by atoms with Gasteiger partial charge in [0, 0.05) is 44.3 Å². The second-order valence-electron chi connectivity index (χ2n) is 6.93. The van der Waals surface area contributed by atoms with Gasteiger partial charge in [-0.1, -0.05) is 0 Å². The van der Waals surface area contributed by atoms with E-state index < -0.39 is 0 Å². The lowest BCUT2D eigenvalue weighted by atomic mass is 9.93. The van der Waals surface area contributed by atoms with E-state index in [0.717, 1.165) is 63.4 Å². The Morgan fingerprint density at radius 3 is 3.10 bits per heavy atom. The molecular formula is C16H23N3O2.